The second-order valence-electron chi connectivity index (χ2n) is 8.52. The molecule has 170 valence electrons. The van der Waals surface area contributed by atoms with Crippen molar-refractivity contribution in [3.05, 3.63) is 0 Å². The molecule has 2 heterocycles. The van der Waals surface area contributed by atoms with Crippen molar-refractivity contribution in [2.75, 3.05) is 64.9 Å². The molecule has 2 saturated heterocycles. The third-order valence-electron chi connectivity index (χ3n) is 5.40. The molecule has 8 nitrogen and oxygen atoms in total. The van der Waals surface area contributed by atoms with Crippen LogP contribution in [0.4, 0.5) is 0 Å². The van der Waals surface area contributed by atoms with Crippen molar-refractivity contribution in [1.82, 2.24) is 0 Å². The summed E-state index contributed by atoms with van der Waals surface area (Å²) in [6, 6.07) is 0. The van der Waals surface area contributed by atoms with E-state index in [1.807, 2.05) is 0 Å². The summed E-state index contributed by atoms with van der Waals surface area (Å²) in [5, 5.41) is 0. The molecule has 0 aromatic rings. The molecule has 2 rings (SSSR count). The van der Waals surface area contributed by atoms with Gasteiger partial charge >= 0.3 is 0 Å². The Kier molecular flexibility index (Phi) is 12.3. The minimum atomic E-state index is -4.59. The van der Waals surface area contributed by atoms with Crippen LogP contribution >= 0.6 is 0 Å². The van der Waals surface area contributed by atoms with E-state index in [4.69, 9.17) is 0 Å². The first kappa shape index (κ1) is 27.7. The molecular formula is C18H40N2O6S2. The number of nitrogens with zero attached hydrogens (tertiary/aromatic N) is 2. The summed E-state index contributed by atoms with van der Waals surface area (Å²) in [6.07, 6.45) is 8.51. The minimum Gasteiger partial charge on any atom is -0.748 e. The summed E-state index contributed by atoms with van der Waals surface area (Å²) < 4.78 is 61.0. The lowest BCUT2D eigenvalue weighted by Crippen LogP contribution is -2.41. The summed E-state index contributed by atoms with van der Waals surface area (Å²) in [5.41, 5.74) is 0. The smallest absolute Gasteiger partial charge is 0.0955 e. The average molecular weight is 445 g/mol. The van der Waals surface area contributed by atoms with Gasteiger partial charge in [0.15, 0.2) is 0 Å². The lowest BCUT2D eigenvalue weighted by molar-refractivity contribution is -0.897. The van der Waals surface area contributed by atoms with Gasteiger partial charge in [0.05, 0.1) is 85.1 Å². The van der Waals surface area contributed by atoms with E-state index in [1.54, 1.807) is 0 Å². The maximum absolute atomic E-state index is 9.72. The van der Waals surface area contributed by atoms with Crippen LogP contribution in [0.3, 0.4) is 0 Å². The molecule has 10 heteroatoms. The Morgan fingerprint density at radius 1 is 0.643 bits per heavy atom. The highest BCUT2D eigenvalue weighted by Gasteiger charge is 2.25. The second-order valence-corrected chi connectivity index (χ2v) is 11.6. The van der Waals surface area contributed by atoms with Crippen LogP contribution in [0.15, 0.2) is 0 Å². The van der Waals surface area contributed by atoms with Crippen molar-refractivity contribution in [2.45, 2.75) is 52.4 Å². The molecule has 0 aromatic carbocycles. The van der Waals surface area contributed by atoms with Crippen LogP contribution in [0.25, 0.3) is 0 Å². The fraction of sp³-hybridized carbons (Fsp3) is 1.00. The van der Waals surface area contributed by atoms with Gasteiger partial charge in [-0.3, -0.25) is 0 Å². The monoisotopic (exact) mass is 444 g/mol. The zero-order valence-corrected chi connectivity index (χ0v) is 19.7. The summed E-state index contributed by atoms with van der Waals surface area (Å²) in [7, 11) is -4.40. The second kappa shape index (κ2) is 12.4. The third kappa shape index (κ3) is 14.7. The van der Waals surface area contributed by atoms with Crippen LogP contribution in [-0.4, -0.2) is 99.8 Å². The maximum atomic E-state index is 9.72. The van der Waals surface area contributed by atoms with Crippen LogP contribution in [0.2, 0.25) is 0 Å². The summed E-state index contributed by atoms with van der Waals surface area (Å²) in [5.74, 6) is -2.31. The van der Waals surface area contributed by atoms with Gasteiger partial charge < -0.3 is 18.1 Å². The zero-order chi connectivity index (χ0) is 21.9. The first-order valence-electron chi connectivity index (χ1n) is 10.3. The fourth-order valence-electron chi connectivity index (χ4n) is 3.93. The molecule has 0 spiro atoms. The molecule has 0 radical (unpaired) electrons. The molecule has 0 bridgehead atoms. The van der Waals surface area contributed by atoms with Crippen LogP contribution < -0.4 is 0 Å². The van der Waals surface area contributed by atoms with Gasteiger partial charge in [0.2, 0.25) is 0 Å². The first-order chi connectivity index (χ1) is 12.7. The topological polar surface area (TPSA) is 114 Å². The Hall–Kier alpha value is -0.260. The minimum absolute atomic E-state index is 1.15. The third-order valence-corrected chi connectivity index (χ3v) is 7.07. The van der Waals surface area contributed by atoms with Crippen LogP contribution in [0.1, 0.15) is 52.4 Å². The van der Waals surface area contributed by atoms with Gasteiger partial charge in [-0.1, -0.05) is 13.8 Å². The average Bonchev–Trinajstić information content (AvgIpc) is 3.15. The molecule has 2 aliphatic rings. The molecule has 2 fully saturated rings. The summed E-state index contributed by atoms with van der Waals surface area (Å²) >= 11 is 0. The van der Waals surface area contributed by atoms with Crippen molar-refractivity contribution in [3.63, 3.8) is 0 Å². The normalized spacial score (nSPS) is 20.6. The van der Waals surface area contributed by atoms with Crippen LogP contribution in [0.5, 0.6) is 0 Å². The number of hydrogen-bond donors (Lipinski definition) is 0. The lowest BCUT2D eigenvalue weighted by atomic mass is 10.4. The van der Waals surface area contributed by atoms with Crippen molar-refractivity contribution < 1.29 is 34.9 Å². The van der Waals surface area contributed by atoms with Crippen molar-refractivity contribution >= 4 is 20.2 Å². The Balaban J connectivity index is 0.000000391. The molecule has 0 amide bonds. The van der Waals surface area contributed by atoms with Gasteiger partial charge in [-0.15, -0.1) is 0 Å². The highest BCUT2D eigenvalue weighted by atomic mass is 32.2. The van der Waals surface area contributed by atoms with Crippen LogP contribution in [-0.2, 0) is 20.2 Å². The van der Waals surface area contributed by atoms with E-state index in [0.29, 0.717) is 0 Å². The molecule has 28 heavy (non-hydrogen) atoms. The number of rotatable bonds is 7. The van der Waals surface area contributed by atoms with E-state index >= 15 is 0 Å². The predicted molar refractivity (Wildman–Crippen MR) is 110 cm³/mol. The van der Waals surface area contributed by atoms with Gasteiger partial charge in [-0.05, 0) is 12.8 Å². The van der Waals surface area contributed by atoms with Gasteiger partial charge in [-0.2, -0.15) is 0 Å². The van der Waals surface area contributed by atoms with E-state index < -0.39 is 31.7 Å². The van der Waals surface area contributed by atoms with Crippen molar-refractivity contribution in [1.29, 1.82) is 0 Å². The van der Waals surface area contributed by atoms with E-state index in [0.717, 1.165) is 0 Å². The molecule has 0 N–H and O–H groups in total. The molecular weight excluding hydrogens is 404 g/mol. The number of likely N-dealkylation sites (tertiary alicyclic amines) is 2. The Morgan fingerprint density at radius 2 is 0.893 bits per heavy atom. The van der Waals surface area contributed by atoms with E-state index in [9.17, 15) is 25.9 Å². The molecule has 0 aliphatic carbocycles. The molecule has 0 unspecified atom stereocenters. The first-order valence-corrected chi connectivity index (χ1v) is 13.4. The highest BCUT2D eigenvalue weighted by molar-refractivity contribution is 7.89. The van der Waals surface area contributed by atoms with Gasteiger partial charge in [-0.25, -0.2) is 16.8 Å². The van der Waals surface area contributed by atoms with E-state index in [1.165, 1.54) is 86.8 Å². The molecule has 2 aliphatic heterocycles. The lowest BCUT2D eigenvalue weighted by Gasteiger charge is -2.28. The Bertz CT molecular complexity index is 566. The standard InChI is InChI=1S/2C8H18N.C2H6O6S2/c2*1-3-6-9(2)7-4-5-8-9;3-9(4,5)1-2-10(6,7)8/h2*3-8H2,1-2H3;1-2H2,(H,3,4,5)(H,6,7,8)/q2*+1;/p-2. The summed E-state index contributed by atoms with van der Waals surface area (Å²) in [4.78, 5) is 0. The Labute approximate surface area is 172 Å². The van der Waals surface area contributed by atoms with E-state index in [-0.39, 0.29) is 0 Å². The van der Waals surface area contributed by atoms with Crippen LogP contribution in [0, 0.1) is 0 Å². The summed E-state index contributed by atoms with van der Waals surface area (Å²) in [6.45, 7) is 13.0. The molecule has 0 aromatic heterocycles. The van der Waals surface area contributed by atoms with Gasteiger partial charge in [0.1, 0.15) is 0 Å². The molecule has 0 saturated carbocycles. The Morgan fingerprint density at radius 3 is 1.07 bits per heavy atom. The molecule has 0 atom stereocenters. The largest absolute Gasteiger partial charge is 0.748 e. The SMILES string of the molecule is CCC[N+]1(C)CCCC1.CCC[N+]1(C)CCCC1.O=S(=O)([O-])CCS(=O)(=O)[O-]. The quantitative estimate of drug-likeness (QED) is 0.432. The van der Waals surface area contributed by atoms with Crippen molar-refractivity contribution in [3.8, 4) is 0 Å². The van der Waals surface area contributed by atoms with Gasteiger partial charge in [0, 0.05) is 25.7 Å². The van der Waals surface area contributed by atoms with Crippen molar-refractivity contribution in [2.24, 2.45) is 0 Å². The predicted octanol–water partition coefficient (Wildman–Crippen LogP) is 1.35. The van der Waals surface area contributed by atoms with E-state index in [2.05, 4.69) is 27.9 Å². The van der Waals surface area contributed by atoms with Gasteiger partial charge in [0.25, 0.3) is 0 Å². The zero-order valence-electron chi connectivity index (χ0n) is 18.1. The number of hydrogen-bond acceptors (Lipinski definition) is 6. The highest BCUT2D eigenvalue weighted by Crippen LogP contribution is 2.16. The maximum Gasteiger partial charge on any atom is 0.0955 e. The number of quaternary nitrogens is 2. The fourth-order valence-corrected chi connectivity index (χ4v) is 5.56.